The Morgan fingerprint density at radius 2 is 1.52 bits per heavy atom. The molecule has 0 saturated carbocycles. The van der Waals surface area contributed by atoms with Gasteiger partial charge in [0.15, 0.2) is 6.20 Å². The van der Waals surface area contributed by atoms with Gasteiger partial charge in [-0.2, -0.15) is 4.57 Å². The van der Waals surface area contributed by atoms with Crippen molar-refractivity contribution in [1.82, 2.24) is 0 Å². The highest BCUT2D eigenvalue weighted by molar-refractivity contribution is 6.11. The Labute approximate surface area is 170 Å². The second-order valence-electron chi connectivity index (χ2n) is 7.49. The van der Waals surface area contributed by atoms with E-state index in [4.69, 9.17) is 0 Å². The van der Waals surface area contributed by atoms with E-state index in [1.54, 1.807) is 0 Å². The molecule has 0 aliphatic heterocycles. The molecule has 0 atom stereocenters. The van der Waals surface area contributed by atoms with Gasteiger partial charge in [-0.05, 0) is 51.7 Å². The lowest BCUT2D eigenvalue weighted by Gasteiger charge is -2.10. The number of para-hydroxylation sites is 1. The molecule has 0 bridgehead atoms. The standard InChI is InChI=1S/C27H22NO/c1-2-19-16-21-13-14-22(17-25(21)24-11-5-4-10-23(19)24)27(29)18-28-15-7-9-20-8-3-6-12-26(20)28/h3-17H,2,18H2,1H3/q+1. The minimum atomic E-state index is 0.122. The van der Waals surface area contributed by atoms with Crippen LogP contribution in [0.15, 0.2) is 91.1 Å². The van der Waals surface area contributed by atoms with E-state index in [0.717, 1.165) is 28.3 Å². The van der Waals surface area contributed by atoms with Crippen LogP contribution in [0.1, 0.15) is 22.8 Å². The zero-order valence-corrected chi connectivity index (χ0v) is 16.4. The van der Waals surface area contributed by atoms with Crippen LogP contribution in [-0.4, -0.2) is 5.78 Å². The van der Waals surface area contributed by atoms with Crippen molar-refractivity contribution in [2.24, 2.45) is 0 Å². The lowest BCUT2D eigenvalue weighted by atomic mass is 9.94. The number of aryl methyl sites for hydroxylation is 1. The van der Waals surface area contributed by atoms with Crippen LogP contribution in [0.5, 0.6) is 0 Å². The number of carbonyl (C=O) groups is 1. The fraction of sp³-hybridized carbons (Fsp3) is 0.111. The van der Waals surface area contributed by atoms with Crippen LogP contribution in [0.3, 0.4) is 0 Å². The summed E-state index contributed by atoms with van der Waals surface area (Å²) in [5, 5.41) is 5.96. The molecule has 0 fully saturated rings. The zero-order valence-electron chi connectivity index (χ0n) is 16.4. The first-order valence-corrected chi connectivity index (χ1v) is 10.1. The predicted octanol–water partition coefficient (Wildman–Crippen LogP) is 5.88. The normalized spacial score (nSPS) is 11.3. The first-order chi connectivity index (χ1) is 14.2. The Kier molecular flexibility index (Phi) is 4.33. The Morgan fingerprint density at radius 3 is 2.38 bits per heavy atom. The van der Waals surface area contributed by atoms with Crippen molar-refractivity contribution >= 4 is 38.2 Å². The number of aromatic nitrogens is 1. The maximum absolute atomic E-state index is 13.1. The summed E-state index contributed by atoms with van der Waals surface area (Å²) in [4.78, 5) is 13.1. The molecule has 1 aromatic heterocycles. The summed E-state index contributed by atoms with van der Waals surface area (Å²) in [6.45, 7) is 2.52. The van der Waals surface area contributed by atoms with Crippen molar-refractivity contribution in [3.63, 3.8) is 0 Å². The quantitative estimate of drug-likeness (QED) is 0.218. The summed E-state index contributed by atoms with van der Waals surface area (Å²) >= 11 is 0. The van der Waals surface area contributed by atoms with Crippen molar-refractivity contribution in [2.45, 2.75) is 19.9 Å². The van der Waals surface area contributed by atoms with Gasteiger partial charge in [-0.3, -0.25) is 4.79 Å². The van der Waals surface area contributed by atoms with Crippen LogP contribution in [0.4, 0.5) is 0 Å². The van der Waals surface area contributed by atoms with Gasteiger partial charge in [0.05, 0.1) is 0 Å². The molecule has 0 aliphatic carbocycles. The van der Waals surface area contributed by atoms with Crippen molar-refractivity contribution in [2.75, 3.05) is 0 Å². The van der Waals surface area contributed by atoms with E-state index in [-0.39, 0.29) is 5.78 Å². The highest BCUT2D eigenvalue weighted by atomic mass is 16.1. The molecular formula is C27H22NO+. The second kappa shape index (κ2) is 7.14. The van der Waals surface area contributed by atoms with E-state index in [9.17, 15) is 4.79 Å². The molecule has 0 unspecified atom stereocenters. The van der Waals surface area contributed by atoms with Gasteiger partial charge in [0, 0.05) is 23.1 Å². The maximum Gasteiger partial charge on any atom is 0.227 e. The van der Waals surface area contributed by atoms with E-state index in [2.05, 4.69) is 67.6 Å². The molecule has 4 aromatic carbocycles. The van der Waals surface area contributed by atoms with Gasteiger partial charge < -0.3 is 0 Å². The summed E-state index contributed by atoms with van der Waals surface area (Å²) in [5.41, 5.74) is 3.17. The number of ketones is 1. The highest BCUT2D eigenvalue weighted by Crippen LogP contribution is 2.30. The summed E-state index contributed by atoms with van der Waals surface area (Å²) in [6, 6.07) is 29.1. The van der Waals surface area contributed by atoms with E-state index in [1.165, 1.54) is 21.7 Å². The third kappa shape index (κ3) is 3.07. The van der Waals surface area contributed by atoms with Crippen LogP contribution in [0.25, 0.3) is 32.4 Å². The van der Waals surface area contributed by atoms with Crippen molar-refractivity contribution in [1.29, 1.82) is 0 Å². The minimum absolute atomic E-state index is 0.122. The van der Waals surface area contributed by atoms with Gasteiger partial charge in [0.1, 0.15) is 0 Å². The first kappa shape index (κ1) is 17.6. The predicted molar refractivity (Wildman–Crippen MR) is 119 cm³/mol. The molecule has 0 spiro atoms. The summed E-state index contributed by atoms with van der Waals surface area (Å²) < 4.78 is 2.03. The average Bonchev–Trinajstić information content (AvgIpc) is 2.78. The highest BCUT2D eigenvalue weighted by Gasteiger charge is 2.16. The Hall–Kier alpha value is -3.52. The monoisotopic (exact) mass is 376 g/mol. The number of benzene rings is 4. The first-order valence-electron chi connectivity index (χ1n) is 10.1. The van der Waals surface area contributed by atoms with Gasteiger partial charge in [0.25, 0.3) is 0 Å². The van der Waals surface area contributed by atoms with Crippen molar-refractivity contribution < 1.29 is 9.36 Å². The van der Waals surface area contributed by atoms with Crippen LogP contribution < -0.4 is 4.57 Å². The molecule has 140 valence electrons. The summed E-state index contributed by atoms with van der Waals surface area (Å²) in [7, 11) is 0. The molecular weight excluding hydrogens is 354 g/mol. The molecule has 5 rings (SSSR count). The number of hydrogen-bond donors (Lipinski definition) is 0. The summed E-state index contributed by atoms with van der Waals surface area (Å²) in [5.74, 6) is 0.122. The van der Waals surface area contributed by atoms with Gasteiger partial charge >= 0.3 is 0 Å². The number of carbonyl (C=O) groups excluding carboxylic acids is 1. The summed E-state index contributed by atoms with van der Waals surface area (Å²) in [6.07, 6.45) is 2.97. The topological polar surface area (TPSA) is 20.9 Å². The number of Topliss-reactive ketones (excluding diaryl/α,β-unsaturated/α-hetero) is 1. The average molecular weight is 376 g/mol. The van der Waals surface area contributed by atoms with Crippen LogP contribution in [-0.2, 0) is 13.0 Å². The molecule has 0 saturated heterocycles. The Balaban J connectivity index is 1.60. The molecule has 0 N–H and O–H groups in total. The van der Waals surface area contributed by atoms with Gasteiger partial charge in [0.2, 0.25) is 17.8 Å². The molecule has 5 aromatic rings. The van der Waals surface area contributed by atoms with Crippen molar-refractivity contribution in [3.05, 3.63) is 102 Å². The van der Waals surface area contributed by atoms with Crippen LogP contribution >= 0.6 is 0 Å². The zero-order chi connectivity index (χ0) is 19.8. The maximum atomic E-state index is 13.1. The smallest absolute Gasteiger partial charge is 0.227 e. The molecule has 0 aliphatic rings. The van der Waals surface area contributed by atoms with Crippen molar-refractivity contribution in [3.8, 4) is 0 Å². The van der Waals surface area contributed by atoms with E-state index in [0.29, 0.717) is 6.54 Å². The fourth-order valence-corrected chi connectivity index (χ4v) is 4.25. The molecule has 1 heterocycles. The second-order valence-corrected chi connectivity index (χ2v) is 7.49. The van der Waals surface area contributed by atoms with Crippen LogP contribution in [0, 0.1) is 0 Å². The molecule has 0 radical (unpaired) electrons. The van der Waals surface area contributed by atoms with E-state index in [1.807, 2.05) is 35.0 Å². The number of nitrogens with zero attached hydrogens (tertiary/aromatic N) is 1. The van der Waals surface area contributed by atoms with Gasteiger partial charge in [-0.15, -0.1) is 0 Å². The molecule has 29 heavy (non-hydrogen) atoms. The fourth-order valence-electron chi connectivity index (χ4n) is 4.25. The number of pyridine rings is 1. The van der Waals surface area contributed by atoms with Crippen LogP contribution in [0.2, 0.25) is 0 Å². The third-order valence-corrected chi connectivity index (χ3v) is 5.75. The molecule has 2 heteroatoms. The van der Waals surface area contributed by atoms with Gasteiger partial charge in [-0.25, -0.2) is 0 Å². The number of fused-ring (bicyclic) bond motifs is 4. The minimum Gasteiger partial charge on any atom is -0.287 e. The van der Waals surface area contributed by atoms with Gasteiger partial charge in [-0.1, -0.05) is 61.5 Å². The number of hydrogen-bond acceptors (Lipinski definition) is 1. The lowest BCUT2D eigenvalue weighted by molar-refractivity contribution is -0.657. The van der Waals surface area contributed by atoms with E-state index < -0.39 is 0 Å². The number of rotatable bonds is 4. The largest absolute Gasteiger partial charge is 0.287 e. The molecule has 0 amide bonds. The van der Waals surface area contributed by atoms with E-state index >= 15 is 0 Å². The SMILES string of the molecule is CCc1cc2ccc(C(=O)C[n+]3cccc4ccccc43)cc2c2ccccc12. The Bertz CT molecular complexity index is 1380. The molecule has 2 nitrogen and oxygen atoms in total. The lowest BCUT2D eigenvalue weighted by Crippen LogP contribution is -2.38. The third-order valence-electron chi connectivity index (χ3n) is 5.75. The Morgan fingerprint density at radius 1 is 0.759 bits per heavy atom.